The zero-order valence-corrected chi connectivity index (χ0v) is 15.9. The smallest absolute Gasteiger partial charge is 0.419 e. The number of amidine groups is 1. The van der Waals surface area contributed by atoms with E-state index in [0.717, 1.165) is 29.7 Å². The molecule has 0 heterocycles. The highest BCUT2D eigenvalue weighted by molar-refractivity contribution is 5.83. The second-order valence-electron chi connectivity index (χ2n) is 6.32. The first kappa shape index (κ1) is 20.7. The number of benzene rings is 2. The minimum atomic E-state index is -4.78. The van der Waals surface area contributed by atoms with E-state index in [0.29, 0.717) is 17.4 Å². The van der Waals surface area contributed by atoms with Gasteiger partial charge in [0.15, 0.2) is 0 Å². The van der Waals surface area contributed by atoms with Gasteiger partial charge in [-0.25, -0.2) is 9.38 Å². The molecule has 0 radical (unpaired) electrons. The summed E-state index contributed by atoms with van der Waals surface area (Å²) in [6.45, 7) is 8.36. The lowest BCUT2D eigenvalue weighted by molar-refractivity contribution is -0.140. The predicted octanol–water partition coefficient (Wildman–Crippen LogP) is 6.26. The quantitative estimate of drug-likeness (QED) is 0.354. The van der Waals surface area contributed by atoms with E-state index in [1.54, 1.807) is 13.0 Å². The van der Waals surface area contributed by atoms with Crippen molar-refractivity contribution in [1.29, 1.82) is 0 Å². The Morgan fingerprint density at radius 3 is 2.37 bits per heavy atom. The number of hydrogen-bond donors (Lipinski definition) is 0. The highest BCUT2D eigenvalue weighted by atomic mass is 19.4. The fraction of sp³-hybridized carbons (Fsp3) is 0.350. The molecule has 0 N–H and O–H groups in total. The van der Waals surface area contributed by atoms with E-state index in [-0.39, 0.29) is 5.75 Å². The Morgan fingerprint density at radius 1 is 1.11 bits per heavy atom. The van der Waals surface area contributed by atoms with Crippen LogP contribution in [0.1, 0.15) is 30.5 Å². The Balaban J connectivity index is 2.35. The first-order valence-corrected chi connectivity index (χ1v) is 8.45. The van der Waals surface area contributed by atoms with Crippen LogP contribution in [0.15, 0.2) is 35.3 Å². The molecule has 3 nitrogen and oxygen atoms in total. The molecule has 0 bridgehead atoms. The van der Waals surface area contributed by atoms with Gasteiger partial charge in [-0.1, -0.05) is 0 Å². The van der Waals surface area contributed by atoms with Gasteiger partial charge in [-0.2, -0.15) is 13.2 Å². The monoisotopic (exact) mass is 382 g/mol. The fourth-order valence-electron chi connectivity index (χ4n) is 2.41. The number of aryl methyl sites for hydroxylation is 2. The van der Waals surface area contributed by atoms with Crippen LogP contribution in [0.2, 0.25) is 0 Å². The minimum Gasteiger partial charge on any atom is -0.457 e. The molecule has 0 aliphatic rings. The molecule has 146 valence electrons. The van der Waals surface area contributed by atoms with E-state index in [9.17, 15) is 17.6 Å². The summed E-state index contributed by atoms with van der Waals surface area (Å²) in [5.41, 5.74) is 0.934. The molecule has 27 heavy (non-hydrogen) atoms. The van der Waals surface area contributed by atoms with Crippen LogP contribution in [0.25, 0.3) is 0 Å². The van der Waals surface area contributed by atoms with Gasteiger partial charge in [0.1, 0.15) is 23.2 Å². The zero-order valence-electron chi connectivity index (χ0n) is 15.9. The number of rotatable bonds is 4. The SMILES string of the molecule is CCN(C)C(C)=Nc1cc(C)c(Oc2ccc(F)c(C(F)(F)F)c2)cc1C. The van der Waals surface area contributed by atoms with Gasteiger partial charge in [0, 0.05) is 13.6 Å². The molecule has 0 saturated carbocycles. The minimum absolute atomic E-state index is 0.0793. The molecule has 2 rings (SSSR count). The highest BCUT2D eigenvalue weighted by Crippen LogP contribution is 2.36. The van der Waals surface area contributed by atoms with Crippen LogP contribution in [0, 0.1) is 19.7 Å². The van der Waals surface area contributed by atoms with Crippen molar-refractivity contribution in [3.63, 3.8) is 0 Å². The van der Waals surface area contributed by atoms with Crippen molar-refractivity contribution in [3.8, 4) is 11.5 Å². The number of alkyl halides is 3. The van der Waals surface area contributed by atoms with E-state index in [4.69, 9.17) is 4.74 Å². The zero-order chi connectivity index (χ0) is 20.4. The summed E-state index contributed by atoms with van der Waals surface area (Å²) in [5, 5.41) is 0. The first-order chi connectivity index (χ1) is 12.5. The van der Waals surface area contributed by atoms with Gasteiger partial charge in [-0.15, -0.1) is 0 Å². The molecule has 0 atom stereocenters. The average Bonchev–Trinajstić information content (AvgIpc) is 2.59. The van der Waals surface area contributed by atoms with E-state index in [1.807, 2.05) is 38.8 Å². The van der Waals surface area contributed by atoms with Crippen LogP contribution in [0.4, 0.5) is 23.2 Å². The third kappa shape index (κ3) is 4.99. The van der Waals surface area contributed by atoms with E-state index in [1.165, 1.54) is 6.07 Å². The molecule has 0 fully saturated rings. The number of hydrogen-bond acceptors (Lipinski definition) is 2. The molecule has 0 unspecified atom stereocenters. The van der Waals surface area contributed by atoms with Gasteiger partial charge >= 0.3 is 6.18 Å². The van der Waals surface area contributed by atoms with Gasteiger partial charge in [0.05, 0.1) is 11.3 Å². The van der Waals surface area contributed by atoms with Crippen molar-refractivity contribution < 1.29 is 22.3 Å². The maximum Gasteiger partial charge on any atom is 0.419 e. The third-order valence-electron chi connectivity index (χ3n) is 4.27. The lowest BCUT2D eigenvalue weighted by Gasteiger charge is -2.17. The highest BCUT2D eigenvalue weighted by Gasteiger charge is 2.34. The Bertz CT molecular complexity index is 860. The third-order valence-corrected chi connectivity index (χ3v) is 4.27. The van der Waals surface area contributed by atoms with Crippen molar-refractivity contribution in [1.82, 2.24) is 4.90 Å². The number of nitrogens with zero attached hydrogens (tertiary/aromatic N) is 2. The Morgan fingerprint density at radius 2 is 1.78 bits per heavy atom. The topological polar surface area (TPSA) is 24.8 Å². The fourth-order valence-corrected chi connectivity index (χ4v) is 2.41. The molecule has 2 aromatic rings. The molecule has 2 aromatic carbocycles. The summed E-state index contributed by atoms with van der Waals surface area (Å²) in [6, 6.07) is 6.11. The van der Waals surface area contributed by atoms with Crippen LogP contribution >= 0.6 is 0 Å². The lowest BCUT2D eigenvalue weighted by Crippen LogP contribution is -2.23. The maximum absolute atomic E-state index is 13.4. The van der Waals surface area contributed by atoms with Gasteiger partial charge in [-0.05, 0) is 69.2 Å². The van der Waals surface area contributed by atoms with Gasteiger partial charge < -0.3 is 9.64 Å². The van der Waals surface area contributed by atoms with E-state index >= 15 is 0 Å². The van der Waals surface area contributed by atoms with Crippen LogP contribution in [0.3, 0.4) is 0 Å². The van der Waals surface area contributed by atoms with Gasteiger partial charge in [0.2, 0.25) is 0 Å². The average molecular weight is 382 g/mol. The summed E-state index contributed by atoms with van der Waals surface area (Å²) in [4.78, 5) is 6.58. The number of aliphatic imine (C=N–C) groups is 1. The van der Waals surface area contributed by atoms with Crippen molar-refractivity contribution in [2.24, 2.45) is 4.99 Å². The van der Waals surface area contributed by atoms with Crippen molar-refractivity contribution >= 4 is 11.5 Å². The molecule has 0 saturated heterocycles. The summed E-state index contributed by atoms with van der Waals surface area (Å²) in [7, 11) is 1.94. The molecule has 0 aromatic heterocycles. The second kappa shape index (κ2) is 7.98. The van der Waals surface area contributed by atoms with Crippen LogP contribution in [-0.4, -0.2) is 24.3 Å². The molecule has 0 aliphatic heterocycles. The summed E-state index contributed by atoms with van der Waals surface area (Å²) >= 11 is 0. The van der Waals surface area contributed by atoms with Crippen molar-refractivity contribution in [2.75, 3.05) is 13.6 Å². The maximum atomic E-state index is 13.4. The van der Waals surface area contributed by atoms with Gasteiger partial charge in [0.25, 0.3) is 0 Å². The Hall–Kier alpha value is -2.57. The normalized spacial score (nSPS) is 12.3. The number of halogens is 4. The standard InChI is InChI=1S/C20H22F4N2O/c1-6-26(5)14(4)25-18-9-13(3)19(10-12(18)2)27-15-7-8-17(21)16(11-15)20(22,23)24/h7-11H,6H2,1-5H3. The molecule has 0 spiro atoms. The van der Waals surface area contributed by atoms with Gasteiger partial charge in [-0.3, -0.25) is 0 Å². The summed E-state index contributed by atoms with van der Waals surface area (Å²) in [6.07, 6.45) is -4.78. The summed E-state index contributed by atoms with van der Waals surface area (Å²) in [5.74, 6) is -0.165. The molecule has 0 amide bonds. The predicted molar refractivity (Wildman–Crippen MR) is 98.5 cm³/mol. The Labute approximate surface area is 156 Å². The van der Waals surface area contributed by atoms with Crippen LogP contribution in [0.5, 0.6) is 11.5 Å². The van der Waals surface area contributed by atoms with Crippen LogP contribution < -0.4 is 4.74 Å². The van der Waals surface area contributed by atoms with Crippen molar-refractivity contribution in [2.45, 2.75) is 33.9 Å². The molecular formula is C20H22F4N2O. The Kier molecular flexibility index (Phi) is 6.13. The lowest BCUT2D eigenvalue weighted by atomic mass is 10.1. The summed E-state index contributed by atoms with van der Waals surface area (Å²) < 4.78 is 57.6. The second-order valence-corrected chi connectivity index (χ2v) is 6.32. The molecule has 7 heteroatoms. The first-order valence-electron chi connectivity index (χ1n) is 8.45. The van der Waals surface area contributed by atoms with E-state index < -0.39 is 17.6 Å². The van der Waals surface area contributed by atoms with E-state index in [2.05, 4.69) is 4.99 Å². The van der Waals surface area contributed by atoms with Crippen molar-refractivity contribution in [3.05, 3.63) is 52.8 Å². The number of ether oxygens (including phenoxy) is 1. The molecule has 0 aliphatic carbocycles. The molecular weight excluding hydrogens is 360 g/mol. The van der Waals surface area contributed by atoms with Crippen LogP contribution in [-0.2, 0) is 6.18 Å². The largest absolute Gasteiger partial charge is 0.457 e.